The number of nitrogens with one attached hydrogen (secondary N) is 1. The van der Waals surface area contributed by atoms with Crippen molar-refractivity contribution >= 4 is 16.9 Å². The van der Waals surface area contributed by atoms with Crippen LogP contribution in [0.3, 0.4) is 0 Å². The van der Waals surface area contributed by atoms with Gasteiger partial charge in [-0.25, -0.2) is 0 Å². The number of amides is 1. The van der Waals surface area contributed by atoms with E-state index in [-0.39, 0.29) is 18.4 Å². The van der Waals surface area contributed by atoms with Crippen LogP contribution in [0.2, 0.25) is 0 Å². The summed E-state index contributed by atoms with van der Waals surface area (Å²) in [5.74, 6) is 1.10. The summed E-state index contributed by atoms with van der Waals surface area (Å²) in [6.07, 6.45) is -0.239. The second-order valence-electron chi connectivity index (χ2n) is 9.99. The van der Waals surface area contributed by atoms with Crippen molar-refractivity contribution in [2.75, 3.05) is 0 Å². The molecule has 5 aromatic rings. The van der Waals surface area contributed by atoms with E-state index in [1.54, 1.807) is 0 Å². The molecule has 2 atom stereocenters. The fraction of sp³-hybridized carbons (Fsp3) is 0.250. The van der Waals surface area contributed by atoms with Gasteiger partial charge in [-0.2, -0.15) is 0 Å². The molecular weight excluding hydrogens is 476 g/mol. The first-order valence-corrected chi connectivity index (χ1v) is 12.8. The Balaban J connectivity index is 1.33. The van der Waals surface area contributed by atoms with Crippen LogP contribution in [0.5, 0.6) is 0 Å². The fourth-order valence-electron chi connectivity index (χ4n) is 5.01. The zero-order valence-corrected chi connectivity index (χ0v) is 22.1. The van der Waals surface area contributed by atoms with Crippen molar-refractivity contribution in [1.29, 1.82) is 0 Å². The Labute approximate surface area is 222 Å². The summed E-state index contributed by atoms with van der Waals surface area (Å²) in [4.78, 5) is 13.2. The van der Waals surface area contributed by atoms with Crippen LogP contribution in [0.4, 0.5) is 0 Å². The van der Waals surface area contributed by atoms with Crippen molar-refractivity contribution in [1.82, 2.24) is 10.5 Å². The second-order valence-corrected chi connectivity index (χ2v) is 9.99. The predicted octanol–water partition coefficient (Wildman–Crippen LogP) is 6.38. The highest BCUT2D eigenvalue weighted by Crippen LogP contribution is 2.29. The molecule has 2 N–H and O–H groups in total. The van der Waals surface area contributed by atoms with E-state index in [9.17, 15) is 9.90 Å². The molecule has 0 saturated carbocycles. The second kappa shape index (κ2) is 10.7. The van der Waals surface area contributed by atoms with Crippen LogP contribution >= 0.6 is 0 Å². The van der Waals surface area contributed by atoms with Gasteiger partial charge in [0.15, 0.2) is 0 Å². The average Bonchev–Trinajstić information content (AvgIpc) is 3.46. The zero-order chi connectivity index (χ0) is 26.8. The van der Waals surface area contributed by atoms with Crippen LogP contribution in [0.25, 0.3) is 11.0 Å². The Morgan fingerprint density at radius 1 is 0.974 bits per heavy atom. The molecule has 0 saturated heterocycles. The Morgan fingerprint density at radius 3 is 2.47 bits per heavy atom. The summed E-state index contributed by atoms with van der Waals surface area (Å²) >= 11 is 0. The molecule has 1 amide bonds. The van der Waals surface area contributed by atoms with Gasteiger partial charge in [-0.15, -0.1) is 0 Å². The van der Waals surface area contributed by atoms with Crippen LogP contribution in [-0.2, 0) is 17.6 Å². The van der Waals surface area contributed by atoms with Crippen molar-refractivity contribution < 1.29 is 18.8 Å². The molecule has 2 heterocycles. The van der Waals surface area contributed by atoms with Gasteiger partial charge >= 0.3 is 0 Å². The molecule has 0 aliphatic carbocycles. The molecule has 194 valence electrons. The van der Waals surface area contributed by atoms with Crippen molar-refractivity contribution in [2.24, 2.45) is 0 Å². The molecule has 2 aromatic heterocycles. The maximum atomic E-state index is 13.2. The molecule has 5 rings (SSSR count). The summed E-state index contributed by atoms with van der Waals surface area (Å²) in [7, 11) is 0. The third-order valence-corrected chi connectivity index (χ3v) is 7.05. The van der Waals surface area contributed by atoms with Crippen LogP contribution in [0.15, 0.2) is 81.7 Å². The number of carbonyl (C=O) groups excluding carboxylic acids is 1. The van der Waals surface area contributed by atoms with Crippen molar-refractivity contribution in [3.05, 3.63) is 123 Å². The number of aliphatic hydroxyl groups is 1. The highest BCUT2D eigenvalue weighted by molar-refractivity contribution is 5.83. The van der Waals surface area contributed by atoms with E-state index in [0.29, 0.717) is 23.5 Å². The molecule has 2 unspecified atom stereocenters. The number of fused-ring (bicyclic) bond motifs is 1. The predicted molar refractivity (Wildman–Crippen MR) is 147 cm³/mol. The number of aryl methyl sites for hydroxylation is 4. The van der Waals surface area contributed by atoms with E-state index in [1.165, 1.54) is 5.56 Å². The Kier molecular flexibility index (Phi) is 7.16. The van der Waals surface area contributed by atoms with Gasteiger partial charge in [0.2, 0.25) is 5.91 Å². The fourth-order valence-corrected chi connectivity index (χ4v) is 5.01. The van der Waals surface area contributed by atoms with Gasteiger partial charge in [-0.3, -0.25) is 4.79 Å². The number of hydrogen-bond acceptors (Lipinski definition) is 5. The molecule has 0 radical (unpaired) electrons. The average molecular weight is 509 g/mol. The third-order valence-electron chi connectivity index (χ3n) is 7.05. The van der Waals surface area contributed by atoms with Crippen LogP contribution in [-0.4, -0.2) is 16.2 Å². The Bertz CT molecular complexity index is 1560. The summed E-state index contributed by atoms with van der Waals surface area (Å²) in [5, 5.41) is 18.8. The maximum Gasteiger partial charge on any atom is 0.225 e. The molecular formula is C32H32N2O4. The molecule has 38 heavy (non-hydrogen) atoms. The number of furan rings is 1. The topological polar surface area (TPSA) is 88.5 Å². The Morgan fingerprint density at radius 2 is 1.76 bits per heavy atom. The minimum atomic E-state index is -0.824. The van der Waals surface area contributed by atoms with E-state index in [2.05, 4.69) is 42.5 Å². The van der Waals surface area contributed by atoms with Crippen molar-refractivity contribution in [3.8, 4) is 0 Å². The lowest BCUT2D eigenvalue weighted by Crippen LogP contribution is -2.31. The molecule has 0 aliphatic rings. The van der Waals surface area contributed by atoms with Gasteiger partial charge < -0.3 is 19.4 Å². The van der Waals surface area contributed by atoms with Gasteiger partial charge in [-0.1, -0.05) is 65.3 Å². The lowest BCUT2D eigenvalue weighted by atomic mass is 9.93. The summed E-state index contributed by atoms with van der Waals surface area (Å²) in [6, 6.07) is 23.6. The summed E-state index contributed by atoms with van der Waals surface area (Å²) in [5.41, 5.74) is 7.63. The molecule has 3 aromatic carbocycles. The van der Waals surface area contributed by atoms with Gasteiger partial charge in [0.1, 0.15) is 23.2 Å². The zero-order valence-electron chi connectivity index (χ0n) is 22.1. The molecule has 0 spiro atoms. The van der Waals surface area contributed by atoms with Crippen LogP contribution in [0.1, 0.15) is 62.7 Å². The highest BCUT2D eigenvalue weighted by Gasteiger charge is 2.21. The number of rotatable bonds is 8. The minimum absolute atomic E-state index is 0.0691. The van der Waals surface area contributed by atoms with Gasteiger partial charge in [0, 0.05) is 17.4 Å². The quantitative estimate of drug-likeness (QED) is 0.254. The summed E-state index contributed by atoms with van der Waals surface area (Å²) < 4.78 is 11.1. The van der Waals surface area contributed by atoms with Crippen molar-refractivity contribution in [3.63, 3.8) is 0 Å². The van der Waals surface area contributed by atoms with Gasteiger partial charge in [-0.05, 0) is 68.1 Å². The van der Waals surface area contributed by atoms with E-state index >= 15 is 0 Å². The summed E-state index contributed by atoms with van der Waals surface area (Å²) in [6.45, 7) is 7.84. The minimum Gasteiger partial charge on any atom is -0.458 e. The smallest absolute Gasteiger partial charge is 0.225 e. The number of benzene rings is 3. The normalized spacial score (nSPS) is 13.0. The first-order chi connectivity index (χ1) is 18.3. The van der Waals surface area contributed by atoms with Crippen molar-refractivity contribution in [2.45, 2.75) is 52.7 Å². The highest BCUT2D eigenvalue weighted by atomic mass is 16.5. The number of hydrogen-bond donors (Lipinski definition) is 2. The van der Waals surface area contributed by atoms with E-state index < -0.39 is 6.10 Å². The van der Waals surface area contributed by atoms with E-state index in [0.717, 1.165) is 38.9 Å². The number of aliphatic hydroxyl groups excluding tert-OH is 1. The molecule has 6 heteroatoms. The molecule has 0 aliphatic heterocycles. The van der Waals surface area contributed by atoms with E-state index in [4.69, 9.17) is 8.94 Å². The first-order valence-electron chi connectivity index (χ1n) is 12.8. The monoisotopic (exact) mass is 508 g/mol. The van der Waals surface area contributed by atoms with Gasteiger partial charge in [0.25, 0.3) is 0 Å². The maximum absolute atomic E-state index is 13.2. The molecule has 6 nitrogen and oxygen atoms in total. The first kappa shape index (κ1) is 25.5. The number of aromatic nitrogens is 1. The van der Waals surface area contributed by atoms with Crippen LogP contribution < -0.4 is 5.32 Å². The standard InChI is InChI=1S/C32H32N2O4/c1-19-10-12-26(20(2)14-19)32(24-8-6-5-7-9-24)33-31(36)16-23-11-13-29-25(15-23)17-30(37-29)28(35)18-27-21(3)34-38-22(27)4/h5-15,17,28,32,35H,16,18H2,1-4H3,(H,33,36). The number of carbonyl (C=O) groups is 1. The Hall–Kier alpha value is -4.16. The lowest BCUT2D eigenvalue weighted by Gasteiger charge is -2.22. The largest absolute Gasteiger partial charge is 0.458 e. The number of nitrogens with zero attached hydrogens (tertiary/aromatic N) is 1. The lowest BCUT2D eigenvalue weighted by molar-refractivity contribution is -0.120. The molecule has 0 fully saturated rings. The van der Waals surface area contributed by atoms with Crippen LogP contribution in [0, 0.1) is 27.7 Å². The van der Waals surface area contributed by atoms with E-state index in [1.807, 2.05) is 68.4 Å². The third kappa shape index (κ3) is 5.41. The molecule has 0 bridgehead atoms. The SMILES string of the molecule is Cc1ccc(C(NC(=O)Cc2ccc3oc(C(O)Cc4c(C)noc4C)cc3c2)c2ccccc2)c(C)c1. The van der Waals surface area contributed by atoms with Gasteiger partial charge in [0.05, 0.1) is 18.2 Å².